The van der Waals surface area contributed by atoms with Gasteiger partial charge in [0.05, 0.1) is 28.4 Å². The number of benzene rings is 2. The van der Waals surface area contributed by atoms with E-state index in [1.807, 2.05) is 0 Å². The number of anilines is 2. The molecule has 0 radical (unpaired) electrons. The van der Waals surface area contributed by atoms with Crippen LogP contribution in [0.5, 0.6) is 11.5 Å². The number of hydrogen-bond donors (Lipinski definition) is 2. The minimum atomic E-state index is -0.656. The van der Waals surface area contributed by atoms with E-state index >= 15 is 0 Å². The van der Waals surface area contributed by atoms with E-state index in [1.165, 1.54) is 30.4 Å². The average Bonchev–Trinajstić information content (AvgIpc) is 2.75. The SMILES string of the molecule is C=CSNC1CC(Oc2cc3c(Nc4ccc(Cl)c(Cl)c4F)ncnc3cc2OC)C1. The maximum Gasteiger partial charge on any atom is 0.166 e. The Morgan fingerprint density at radius 1 is 1.23 bits per heavy atom. The first-order chi connectivity index (χ1) is 15.0. The molecule has 1 aromatic heterocycles. The van der Waals surface area contributed by atoms with Gasteiger partial charge in [0.2, 0.25) is 0 Å². The Balaban J connectivity index is 1.62. The summed E-state index contributed by atoms with van der Waals surface area (Å²) in [5.41, 5.74) is 0.776. The Morgan fingerprint density at radius 3 is 2.77 bits per heavy atom. The van der Waals surface area contributed by atoms with Crippen LogP contribution in [0.4, 0.5) is 15.9 Å². The minimum Gasteiger partial charge on any atom is -0.493 e. The third-order valence-electron chi connectivity index (χ3n) is 4.92. The molecular weight excluding hydrogens is 462 g/mol. The van der Waals surface area contributed by atoms with Gasteiger partial charge < -0.3 is 14.8 Å². The Hall–Kier alpha value is -2.26. The normalized spacial score (nSPS) is 17.8. The first kappa shape index (κ1) is 22.0. The second-order valence-corrected chi connectivity index (χ2v) is 8.49. The number of methoxy groups -OCH3 is 1. The van der Waals surface area contributed by atoms with Crippen molar-refractivity contribution in [2.45, 2.75) is 25.0 Å². The lowest BCUT2D eigenvalue weighted by Crippen LogP contribution is -2.44. The van der Waals surface area contributed by atoms with E-state index in [-0.39, 0.29) is 21.8 Å². The van der Waals surface area contributed by atoms with Crippen molar-refractivity contribution in [2.75, 3.05) is 12.4 Å². The molecule has 1 heterocycles. The van der Waals surface area contributed by atoms with Crippen LogP contribution in [-0.2, 0) is 0 Å². The highest BCUT2D eigenvalue weighted by Gasteiger charge is 2.31. The molecule has 0 aliphatic heterocycles. The van der Waals surface area contributed by atoms with Crippen LogP contribution in [0.2, 0.25) is 10.0 Å². The summed E-state index contributed by atoms with van der Waals surface area (Å²) >= 11 is 13.3. The van der Waals surface area contributed by atoms with Crippen LogP contribution in [0.25, 0.3) is 10.9 Å². The fourth-order valence-corrected chi connectivity index (χ4v) is 4.04. The number of nitrogens with one attached hydrogen (secondary N) is 2. The molecular formula is C21H19Cl2FN4O2S. The first-order valence-corrected chi connectivity index (χ1v) is 11.1. The summed E-state index contributed by atoms with van der Waals surface area (Å²) in [5.74, 6) is 0.888. The smallest absolute Gasteiger partial charge is 0.166 e. The second kappa shape index (κ2) is 9.48. The molecule has 0 bridgehead atoms. The second-order valence-electron chi connectivity index (χ2n) is 6.90. The largest absolute Gasteiger partial charge is 0.493 e. The molecule has 0 amide bonds. The summed E-state index contributed by atoms with van der Waals surface area (Å²) in [4.78, 5) is 8.56. The number of aromatic nitrogens is 2. The van der Waals surface area contributed by atoms with Crippen LogP contribution in [0.1, 0.15) is 12.8 Å². The van der Waals surface area contributed by atoms with Gasteiger partial charge in [-0.25, -0.2) is 14.4 Å². The van der Waals surface area contributed by atoms with Crippen molar-refractivity contribution in [1.29, 1.82) is 0 Å². The maximum absolute atomic E-state index is 14.5. The Morgan fingerprint density at radius 2 is 2.03 bits per heavy atom. The molecule has 162 valence electrons. The molecule has 10 heteroatoms. The third kappa shape index (κ3) is 4.67. The van der Waals surface area contributed by atoms with E-state index in [1.54, 1.807) is 24.7 Å². The number of nitrogens with zero attached hydrogens (tertiary/aromatic N) is 2. The molecule has 0 atom stereocenters. The molecule has 1 saturated carbocycles. The van der Waals surface area contributed by atoms with Gasteiger partial charge >= 0.3 is 0 Å². The number of ether oxygens (including phenoxy) is 2. The highest BCUT2D eigenvalue weighted by molar-refractivity contribution is 8.00. The summed E-state index contributed by atoms with van der Waals surface area (Å²) in [7, 11) is 1.57. The summed E-state index contributed by atoms with van der Waals surface area (Å²) in [6.07, 6.45) is 3.18. The monoisotopic (exact) mass is 480 g/mol. The Labute approximate surface area is 193 Å². The zero-order chi connectivity index (χ0) is 22.0. The number of hydrogen-bond acceptors (Lipinski definition) is 7. The fourth-order valence-electron chi connectivity index (χ4n) is 3.25. The first-order valence-electron chi connectivity index (χ1n) is 9.42. The summed E-state index contributed by atoms with van der Waals surface area (Å²) < 4.78 is 29.5. The lowest BCUT2D eigenvalue weighted by Gasteiger charge is -2.35. The van der Waals surface area contributed by atoms with Crippen molar-refractivity contribution in [3.8, 4) is 11.5 Å². The maximum atomic E-state index is 14.5. The number of fused-ring (bicyclic) bond motifs is 1. The highest BCUT2D eigenvalue weighted by Crippen LogP contribution is 2.38. The van der Waals surface area contributed by atoms with Gasteiger partial charge in [0.1, 0.15) is 18.2 Å². The molecule has 3 aromatic rings. The summed E-state index contributed by atoms with van der Waals surface area (Å²) in [6, 6.07) is 6.96. The molecule has 0 unspecified atom stereocenters. The molecule has 2 N–H and O–H groups in total. The van der Waals surface area contributed by atoms with Crippen LogP contribution >= 0.6 is 35.1 Å². The molecule has 6 nitrogen and oxygen atoms in total. The molecule has 1 aliphatic rings. The highest BCUT2D eigenvalue weighted by atomic mass is 35.5. The van der Waals surface area contributed by atoms with Crippen LogP contribution in [0.3, 0.4) is 0 Å². The van der Waals surface area contributed by atoms with Gasteiger partial charge in [-0.1, -0.05) is 41.7 Å². The van der Waals surface area contributed by atoms with E-state index in [0.717, 1.165) is 12.8 Å². The molecule has 1 fully saturated rings. The quantitative estimate of drug-likeness (QED) is 0.297. The number of rotatable bonds is 8. The van der Waals surface area contributed by atoms with Crippen LogP contribution < -0.4 is 19.5 Å². The van der Waals surface area contributed by atoms with Gasteiger partial charge in [0, 0.05) is 30.3 Å². The molecule has 0 spiro atoms. The zero-order valence-corrected chi connectivity index (χ0v) is 18.8. The van der Waals surface area contributed by atoms with Crippen molar-refractivity contribution in [1.82, 2.24) is 14.7 Å². The predicted molar refractivity (Wildman–Crippen MR) is 124 cm³/mol. The van der Waals surface area contributed by atoms with Crippen LogP contribution in [0, 0.1) is 5.82 Å². The summed E-state index contributed by atoms with van der Waals surface area (Å²) in [6.45, 7) is 3.68. The topological polar surface area (TPSA) is 68.3 Å². The van der Waals surface area contributed by atoms with E-state index < -0.39 is 5.82 Å². The van der Waals surface area contributed by atoms with Crippen molar-refractivity contribution in [2.24, 2.45) is 0 Å². The molecule has 1 aliphatic carbocycles. The Bertz CT molecular complexity index is 1130. The van der Waals surface area contributed by atoms with Gasteiger partial charge in [-0.3, -0.25) is 4.72 Å². The standard InChI is InChI=1S/C21H19Cl2FN4O2S/c1-3-31-28-11-6-12(7-11)30-18-8-13-16(9-17(18)29-2)25-10-26-21(13)27-15-5-4-14(22)19(23)20(15)24/h3-5,8-12,28H,1,6-7H2,2H3,(H,25,26,27). The van der Waals surface area contributed by atoms with Gasteiger partial charge in [-0.2, -0.15) is 0 Å². The van der Waals surface area contributed by atoms with Gasteiger partial charge in [-0.15, -0.1) is 0 Å². The van der Waals surface area contributed by atoms with Crippen molar-refractivity contribution < 1.29 is 13.9 Å². The number of halogens is 3. The molecule has 0 saturated heterocycles. The summed E-state index contributed by atoms with van der Waals surface area (Å²) in [5, 5.41) is 5.36. The van der Waals surface area contributed by atoms with E-state index in [4.69, 9.17) is 32.7 Å². The fraction of sp³-hybridized carbons (Fsp3) is 0.238. The minimum absolute atomic E-state index is 0.0582. The van der Waals surface area contributed by atoms with E-state index in [0.29, 0.717) is 34.3 Å². The van der Waals surface area contributed by atoms with Crippen molar-refractivity contribution in [3.05, 3.63) is 58.4 Å². The lowest BCUT2D eigenvalue weighted by molar-refractivity contribution is 0.0925. The third-order valence-corrected chi connectivity index (χ3v) is 6.33. The van der Waals surface area contributed by atoms with Gasteiger partial charge in [-0.05, 0) is 23.6 Å². The van der Waals surface area contributed by atoms with Gasteiger partial charge in [0.15, 0.2) is 17.3 Å². The van der Waals surface area contributed by atoms with Crippen molar-refractivity contribution in [3.63, 3.8) is 0 Å². The lowest BCUT2D eigenvalue weighted by atomic mass is 9.90. The molecule has 2 aromatic carbocycles. The molecule has 31 heavy (non-hydrogen) atoms. The van der Waals surface area contributed by atoms with E-state index in [2.05, 4.69) is 26.6 Å². The zero-order valence-electron chi connectivity index (χ0n) is 16.5. The average molecular weight is 481 g/mol. The van der Waals surface area contributed by atoms with Gasteiger partial charge in [0.25, 0.3) is 0 Å². The van der Waals surface area contributed by atoms with Crippen LogP contribution in [0.15, 0.2) is 42.6 Å². The predicted octanol–water partition coefficient (Wildman–Crippen LogP) is 6.12. The van der Waals surface area contributed by atoms with Crippen molar-refractivity contribution >= 4 is 57.6 Å². The van der Waals surface area contributed by atoms with Crippen LogP contribution in [-0.4, -0.2) is 29.2 Å². The van der Waals surface area contributed by atoms with E-state index in [9.17, 15) is 4.39 Å². The Kier molecular flexibility index (Phi) is 6.71. The molecule has 4 rings (SSSR count).